The van der Waals surface area contributed by atoms with Gasteiger partial charge in [-0.25, -0.2) is 0 Å². The molecule has 0 radical (unpaired) electrons. The Morgan fingerprint density at radius 3 is 1.81 bits per heavy atom. The van der Waals surface area contributed by atoms with E-state index in [4.69, 9.17) is 0 Å². The summed E-state index contributed by atoms with van der Waals surface area (Å²) >= 11 is 2.05. The topological polar surface area (TPSA) is 3.24 Å². The second-order valence-electron chi connectivity index (χ2n) is 7.10. The van der Waals surface area contributed by atoms with Crippen molar-refractivity contribution in [3.05, 3.63) is 0 Å². The maximum atomic E-state index is 2.76. The number of hydrogen-bond donors (Lipinski definition) is 0. The van der Waals surface area contributed by atoms with Crippen LogP contribution in [0.4, 0.5) is 0 Å². The molecule has 0 amide bonds. The molecule has 1 nitrogen and oxygen atoms in total. The van der Waals surface area contributed by atoms with Crippen LogP contribution >= 0.6 is 11.8 Å². The first-order chi connectivity index (χ1) is 7.25. The number of hydrogen-bond acceptors (Lipinski definition) is 2. The molecule has 2 unspecified atom stereocenters. The van der Waals surface area contributed by atoms with Crippen molar-refractivity contribution in [2.75, 3.05) is 6.26 Å². The zero-order valence-corrected chi connectivity index (χ0v) is 12.5. The van der Waals surface area contributed by atoms with Gasteiger partial charge in [-0.2, -0.15) is 11.8 Å². The highest BCUT2D eigenvalue weighted by Gasteiger charge is 2.51. The fourth-order valence-electron chi connectivity index (χ4n) is 3.70. The van der Waals surface area contributed by atoms with Crippen molar-refractivity contribution in [2.45, 2.75) is 76.3 Å². The quantitative estimate of drug-likeness (QED) is 0.724. The molecule has 2 heteroatoms. The summed E-state index contributed by atoms with van der Waals surface area (Å²) in [6.07, 6.45) is 6.56. The van der Waals surface area contributed by atoms with Crippen LogP contribution in [0, 0.1) is 5.92 Å². The van der Waals surface area contributed by atoms with Gasteiger partial charge in [-0.05, 0) is 52.2 Å². The summed E-state index contributed by atoms with van der Waals surface area (Å²) in [6, 6.07) is 1.74. The number of rotatable bonds is 2. The van der Waals surface area contributed by atoms with Gasteiger partial charge in [-0.1, -0.05) is 13.8 Å². The molecule has 0 aromatic rings. The first kappa shape index (κ1) is 12.8. The lowest BCUT2D eigenvalue weighted by Crippen LogP contribution is -2.68. The molecule has 3 fully saturated rings. The fourth-order valence-corrected chi connectivity index (χ4v) is 4.23. The van der Waals surface area contributed by atoms with E-state index in [1.807, 2.05) is 11.8 Å². The predicted octanol–water partition coefficient (Wildman–Crippen LogP) is 3.78. The monoisotopic (exact) mass is 241 g/mol. The molecule has 0 aromatic heterocycles. The summed E-state index contributed by atoms with van der Waals surface area (Å²) in [5, 5.41) is 0. The highest BCUT2D eigenvalue weighted by atomic mass is 32.2. The minimum absolute atomic E-state index is 0.377. The van der Waals surface area contributed by atoms with E-state index in [1.165, 1.54) is 19.3 Å². The summed E-state index contributed by atoms with van der Waals surface area (Å²) in [5.41, 5.74) is 0.377. The maximum Gasteiger partial charge on any atom is 0.0130 e. The summed E-state index contributed by atoms with van der Waals surface area (Å²) in [4.78, 5) is 2.76. The first-order valence-corrected chi connectivity index (χ1v) is 7.82. The van der Waals surface area contributed by atoms with Gasteiger partial charge < -0.3 is 0 Å². The molecule has 2 bridgehead atoms. The van der Waals surface area contributed by atoms with Gasteiger partial charge >= 0.3 is 0 Å². The van der Waals surface area contributed by atoms with E-state index in [1.54, 1.807) is 0 Å². The summed E-state index contributed by atoms with van der Waals surface area (Å²) in [7, 11) is 0. The zero-order valence-electron chi connectivity index (χ0n) is 11.7. The van der Waals surface area contributed by atoms with Crippen LogP contribution in [0.2, 0.25) is 0 Å². The lowest BCUT2D eigenvalue weighted by Gasteiger charge is -2.62. The molecular weight excluding hydrogens is 214 g/mol. The average Bonchev–Trinajstić information content (AvgIpc) is 2.15. The van der Waals surface area contributed by atoms with E-state index in [-0.39, 0.29) is 0 Å². The Morgan fingerprint density at radius 2 is 1.44 bits per heavy atom. The lowest BCUT2D eigenvalue weighted by molar-refractivity contribution is -0.112. The van der Waals surface area contributed by atoms with Crippen LogP contribution in [0.1, 0.15) is 53.9 Å². The Balaban J connectivity index is 2.02. The van der Waals surface area contributed by atoms with Gasteiger partial charge in [0.2, 0.25) is 0 Å². The molecule has 0 aromatic carbocycles. The Bertz CT molecular complexity index is 254. The van der Waals surface area contributed by atoms with Crippen LogP contribution in [0.3, 0.4) is 0 Å². The van der Waals surface area contributed by atoms with Crippen LogP contribution in [0.5, 0.6) is 0 Å². The molecule has 94 valence electrons. The van der Waals surface area contributed by atoms with Gasteiger partial charge in [0, 0.05) is 22.4 Å². The molecule has 1 aliphatic carbocycles. The third kappa shape index (κ3) is 2.03. The van der Waals surface area contributed by atoms with Crippen molar-refractivity contribution in [1.29, 1.82) is 0 Å². The normalized spacial score (nSPS) is 36.0. The Morgan fingerprint density at radius 1 is 0.938 bits per heavy atom. The van der Waals surface area contributed by atoms with E-state index in [0.717, 1.165) is 18.0 Å². The van der Waals surface area contributed by atoms with Gasteiger partial charge in [0.25, 0.3) is 0 Å². The minimum atomic E-state index is 0.377. The van der Waals surface area contributed by atoms with Crippen molar-refractivity contribution in [1.82, 2.24) is 4.90 Å². The molecule has 16 heavy (non-hydrogen) atoms. The summed E-state index contributed by atoms with van der Waals surface area (Å²) in [5.74, 6) is 0.921. The van der Waals surface area contributed by atoms with Crippen LogP contribution in [-0.2, 0) is 0 Å². The molecule has 2 heterocycles. The maximum absolute atomic E-state index is 2.76. The number of thioether (sulfide) groups is 1. The molecule has 1 saturated carbocycles. The standard InChI is InChI=1S/C14H27NS/c1-13(2,3)15-11-7-10(8-12(15)9-11)14(4,5)16-6/h10-12H,7-9H2,1-6H3. The van der Waals surface area contributed by atoms with Crippen molar-refractivity contribution in [3.8, 4) is 0 Å². The van der Waals surface area contributed by atoms with Gasteiger partial charge in [0.05, 0.1) is 0 Å². The molecular formula is C14H27NS. The van der Waals surface area contributed by atoms with Crippen molar-refractivity contribution < 1.29 is 0 Å². The van der Waals surface area contributed by atoms with Crippen LogP contribution in [0.25, 0.3) is 0 Å². The number of piperidine rings is 1. The minimum Gasteiger partial charge on any atom is -0.292 e. The van der Waals surface area contributed by atoms with Crippen molar-refractivity contribution in [3.63, 3.8) is 0 Å². The molecule has 2 aliphatic heterocycles. The SMILES string of the molecule is CSC(C)(C)C1CC2CC(C1)N2C(C)(C)C. The summed E-state index contributed by atoms with van der Waals surface area (Å²) < 4.78 is 0.473. The van der Waals surface area contributed by atoms with Gasteiger partial charge in [0.1, 0.15) is 0 Å². The van der Waals surface area contributed by atoms with Crippen molar-refractivity contribution >= 4 is 11.8 Å². The van der Waals surface area contributed by atoms with E-state index in [0.29, 0.717) is 10.3 Å². The van der Waals surface area contributed by atoms with Gasteiger partial charge in [-0.15, -0.1) is 0 Å². The van der Waals surface area contributed by atoms with Crippen LogP contribution < -0.4 is 0 Å². The predicted molar refractivity (Wildman–Crippen MR) is 74.1 cm³/mol. The molecule has 0 N–H and O–H groups in total. The van der Waals surface area contributed by atoms with E-state index < -0.39 is 0 Å². The summed E-state index contributed by atoms with van der Waals surface area (Å²) in [6.45, 7) is 12.0. The van der Waals surface area contributed by atoms with Crippen LogP contribution in [-0.4, -0.2) is 33.5 Å². The fraction of sp³-hybridized carbons (Fsp3) is 1.00. The van der Waals surface area contributed by atoms with E-state index in [2.05, 4.69) is 45.8 Å². The molecule has 3 rings (SSSR count). The van der Waals surface area contributed by atoms with Crippen molar-refractivity contribution in [2.24, 2.45) is 5.92 Å². The first-order valence-electron chi connectivity index (χ1n) is 6.59. The van der Waals surface area contributed by atoms with Gasteiger partial charge in [-0.3, -0.25) is 4.90 Å². The largest absolute Gasteiger partial charge is 0.292 e. The zero-order chi connectivity index (χ0) is 12.1. The van der Waals surface area contributed by atoms with E-state index in [9.17, 15) is 0 Å². The van der Waals surface area contributed by atoms with Gasteiger partial charge in [0.15, 0.2) is 0 Å². The number of fused-ring (bicyclic) bond motifs is 2. The van der Waals surface area contributed by atoms with E-state index >= 15 is 0 Å². The highest BCUT2D eigenvalue weighted by molar-refractivity contribution is 7.99. The Labute approximate surface area is 105 Å². The Hall–Kier alpha value is 0.310. The smallest absolute Gasteiger partial charge is 0.0130 e. The van der Waals surface area contributed by atoms with Crippen LogP contribution in [0.15, 0.2) is 0 Å². The molecule has 2 saturated heterocycles. The molecule has 2 atom stereocenters. The second kappa shape index (κ2) is 3.91. The lowest BCUT2D eigenvalue weighted by atomic mass is 9.67. The third-order valence-electron chi connectivity index (χ3n) is 4.73. The Kier molecular flexibility index (Phi) is 3.12. The third-order valence-corrected chi connectivity index (χ3v) is 6.11. The average molecular weight is 241 g/mol. The highest BCUT2D eigenvalue weighted by Crippen LogP contribution is 2.50. The second-order valence-corrected chi connectivity index (χ2v) is 8.56. The number of nitrogens with zero attached hydrogens (tertiary/aromatic N) is 1. The molecule has 0 spiro atoms. The molecule has 3 aliphatic rings.